The lowest BCUT2D eigenvalue weighted by Crippen LogP contribution is -2.36. The summed E-state index contributed by atoms with van der Waals surface area (Å²) in [5, 5.41) is 15.1. The van der Waals surface area contributed by atoms with Crippen LogP contribution < -0.4 is 10.1 Å². The van der Waals surface area contributed by atoms with Crippen molar-refractivity contribution in [3.63, 3.8) is 0 Å². The van der Waals surface area contributed by atoms with Gasteiger partial charge >= 0.3 is 5.97 Å². The molecule has 0 fully saturated rings. The number of ether oxygens (including phenoxy) is 1. The molecular weight excluding hydrogens is 276 g/mol. The highest BCUT2D eigenvalue weighted by Crippen LogP contribution is 2.13. The molecule has 21 heavy (non-hydrogen) atoms. The molecule has 2 N–H and O–H groups in total. The maximum Gasteiger partial charge on any atom is 0.330 e. The van der Waals surface area contributed by atoms with Gasteiger partial charge in [0.25, 0.3) is 11.8 Å². The second kappa shape index (κ2) is 6.56. The molecule has 0 spiro atoms. The van der Waals surface area contributed by atoms with E-state index < -0.39 is 17.9 Å². The van der Waals surface area contributed by atoms with Crippen LogP contribution in [0.5, 0.6) is 5.88 Å². The first-order valence-electron chi connectivity index (χ1n) is 6.19. The van der Waals surface area contributed by atoms with E-state index in [1.165, 1.54) is 6.07 Å². The fourth-order valence-corrected chi connectivity index (χ4v) is 1.69. The number of aliphatic carboxylic acids is 1. The van der Waals surface area contributed by atoms with Crippen molar-refractivity contribution in [2.24, 2.45) is 0 Å². The molecule has 0 aliphatic heterocycles. The summed E-state index contributed by atoms with van der Waals surface area (Å²) in [7, 11) is 0. The van der Waals surface area contributed by atoms with Gasteiger partial charge in [-0.25, -0.2) is 4.79 Å². The van der Waals surface area contributed by atoms with Gasteiger partial charge in [-0.05, 0) is 17.6 Å². The number of carbonyl (C=O) groups excluding carboxylic acids is 1. The number of nitrogens with one attached hydrogen (secondary N) is 1. The molecule has 2 aromatic rings. The first-order valence-corrected chi connectivity index (χ1v) is 6.19. The number of benzene rings is 1. The Morgan fingerprint density at radius 3 is 2.67 bits per heavy atom. The van der Waals surface area contributed by atoms with E-state index in [1.54, 1.807) is 37.3 Å². The van der Waals surface area contributed by atoms with Gasteiger partial charge in [-0.2, -0.15) is 0 Å². The number of carbonyl (C=O) groups is 2. The van der Waals surface area contributed by atoms with Crippen molar-refractivity contribution in [3.8, 4) is 5.88 Å². The van der Waals surface area contributed by atoms with Crippen molar-refractivity contribution >= 4 is 11.9 Å². The summed E-state index contributed by atoms with van der Waals surface area (Å²) in [5.74, 6) is -0.980. The Hall–Kier alpha value is -2.83. The van der Waals surface area contributed by atoms with Crippen LogP contribution in [0, 0.1) is 6.92 Å². The van der Waals surface area contributed by atoms with E-state index >= 15 is 0 Å². The van der Waals surface area contributed by atoms with Gasteiger partial charge in [-0.1, -0.05) is 30.3 Å². The molecule has 1 amide bonds. The van der Waals surface area contributed by atoms with Crippen molar-refractivity contribution in [1.29, 1.82) is 0 Å². The summed E-state index contributed by atoms with van der Waals surface area (Å²) in [6.07, 6.45) is 0. The predicted molar refractivity (Wildman–Crippen MR) is 71.7 cm³/mol. The first-order chi connectivity index (χ1) is 10.1. The van der Waals surface area contributed by atoms with E-state index in [1.807, 2.05) is 0 Å². The average molecular weight is 290 g/mol. The topological polar surface area (TPSA) is 102 Å². The third-order valence-corrected chi connectivity index (χ3v) is 2.64. The molecule has 110 valence electrons. The highest BCUT2D eigenvalue weighted by molar-refractivity contribution is 5.85. The lowest BCUT2D eigenvalue weighted by atomic mass is 10.1. The normalized spacial score (nSPS) is 11.7. The monoisotopic (exact) mass is 290 g/mol. The van der Waals surface area contributed by atoms with Gasteiger partial charge in [0.1, 0.15) is 5.76 Å². The molecule has 0 radical (unpaired) electrons. The van der Waals surface area contributed by atoms with Gasteiger partial charge in [0.2, 0.25) is 0 Å². The van der Waals surface area contributed by atoms with Crippen molar-refractivity contribution in [2.75, 3.05) is 6.61 Å². The fraction of sp³-hybridized carbons (Fsp3) is 0.214. The second-order valence-corrected chi connectivity index (χ2v) is 4.31. The second-order valence-electron chi connectivity index (χ2n) is 4.31. The molecule has 1 heterocycles. The smallest absolute Gasteiger partial charge is 0.330 e. The molecule has 0 unspecified atom stereocenters. The molecule has 2 rings (SSSR count). The van der Waals surface area contributed by atoms with E-state index in [0.29, 0.717) is 11.3 Å². The lowest BCUT2D eigenvalue weighted by molar-refractivity contribution is -0.142. The summed E-state index contributed by atoms with van der Waals surface area (Å²) in [6.45, 7) is 1.35. The Bertz CT molecular complexity index is 623. The van der Waals surface area contributed by atoms with Gasteiger partial charge in [0, 0.05) is 6.07 Å². The third kappa shape index (κ3) is 4.07. The molecular formula is C14H14N2O5. The number of nitrogens with zero attached hydrogens (tertiary/aromatic N) is 1. The van der Waals surface area contributed by atoms with Crippen LogP contribution in [-0.4, -0.2) is 28.7 Å². The van der Waals surface area contributed by atoms with Crippen LogP contribution in [-0.2, 0) is 9.59 Å². The first kappa shape index (κ1) is 14.6. The van der Waals surface area contributed by atoms with E-state index in [-0.39, 0.29) is 12.5 Å². The van der Waals surface area contributed by atoms with E-state index in [4.69, 9.17) is 9.26 Å². The molecule has 7 heteroatoms. The van der Waals surface area contributed by atoms with Crippen LogP contribution in [0.1, 0.15) is 17.4 Å². The quantitative estimate of drug-likeness (QED) is 0.831. The predicted octanol–water partition coefficient (Wildman–Crippen LogP) is 1.30. The number of rotatable bonds is 6. The summed E-state index contributed by atoms with van der Waals surface area (Å²) >= 11 is 0. The highest BCUT2D eigenvalue weighted by atomic mass is 16.5. The van der Waals surface area contributed by atoms with Crippen LogP contribution >= 0.6 is 0 Å². The molecule has 0 bridgehead atoms. The van der Waals surface area contributed by atoms with Crippen LogP contribution in [0.15, 0.2) is 40.9 Å². The Labute approximate surface area is 120 Å². The van der Waals surface area contributed by atoms with Gasteiger partial charge in [0.15, 0.2) is 12.6 Å². The number of aryl methyl sites for hydroxylation is 1. The summed E-state index contributed by atoms with van der Waals surface area (Å²) < 4.78 is 9.88. The molecule has 7 nitrogen and oxygen atoms in total. The minimum Gasteiger partial charge on any atom is -0.479 e. The SMILES string of the molecule is Cc1cc(OCC(=O)N[C@@H](C(=O)O)c2ccccc2)no1. The van der Waals surface area contributed by atoms with Crippen molar-refractivity contribution in [1.82, 2.24) is 10.5 Å². The average Bonchev–Trinajstić information content (AvgIpc) is 2.89. The zero-order chi connectivity index (χ0) is 15.2. The van der Waals surface area contributed by atoms with Crippen LogP contribution in [0.2, 0.25) is 0 Å². The fourth-order valence-electron chi connectivity index (χ4n) is 1.69. The van der Waals surface area contributed by atoms with E-state index in [2.05, 4.69) is 10.5 Å². The summed E-state index contributed by atoms with van der Waals surface area (Å²) in [5.41, 5.74) is 0.482. The molecule has 0 saturated heterocycles. The van der Waals surface area contributed by atoms with Crippen LogP contribution in [0.25, 0.3) is 0 Å². The van der Waals surface area contributed by atoms with E-state index in [0.717, 1.165) is 0 Å². The maximum atomic E-state index is 11.8. The number of carboxylic acid groups (broad SMARTS) is 1. The molecule has 1 aromatic carbocycles. The number of amides is 1. The molecule has 1 aromatic heterocycles. The Kier molecular flexibility index (Phi) is 4.55. The Morgan fingerprint density at radius 2 is 2.10 bits per heavy atom. The largest absolute Gasteiger partial charge is 0.479 e. The van der Waals surface area contributed by atoms with Crippen molar-refractivity contribution < 1.29 is 24.0 Å². The highest BCUT2D eigenvalue weighted by Gasteiger charge is 2.22. The summed E-state index contributed by atoms with van der Waals surface area (Å²) in [4.78, 5) is 23.0. The Balaban J connectivity index is 1.94. The van der Waals surface area contributed by atoms with Crippen LogP contribution in [0.3, 0.4) is 0 Å². The zero-order valence-electron chi connectivity index (χ0n) is 11.3. The molecule has 0 aliphatic rings. The van der Waals surface area contributed by atoms with Gasteiger partial charge in [0.05, 0.1) is 0 Å². The number of carboxylic acids is 1. The third-order valence-electron chi connectivity index (χ3n) is 2.64. The maximum absolute atomic E-state index is 11.8. The van der Waals surface area contributed by atoms with Crippen molar-refractivity contribution in [2.45, 2.75) is 13.0 Å². The van der Waals surface area contributed by atoms with E-state index in [9.17, 15) is 14.7 Å². The number of aromatic nitrogens is 1. The standard InChI is InChI=1S/C14H14N2O5/c1-9-7-12(16-21-9)20-8-11(17)15-13(14(18)19)10-5-3-2-4-6-10/h2-7,13H,8H2,1H3,(H,15,17)(H,18,19)/t13-/m1/s1. The van der Waals surface area contributed by atoms with Gasteiger partial charge in [-0.15, -0.1) is 0 Å². The minimum absolute atomic E-state index is 0.175. The molecule has 1 atom stereocenters. The number of hydrogen-bond donors (Lipinski definition) is 2. The van der Waals surface area contributed by atoms with Gasteiger partial charge < -0.3 is 19.7 Å². The summed E-state index contributed by atoms with van der Waals surface area (Å²) in [6, 6.07) is 8.82. The Morgan fingerprint density at radius 1 is 1.38 bits per heavy atom. The zero-order valence-corrected chi connectivity index (χ0v) is 11.3. The minimum atomic E-state index is -1.15. The number of hydrogen-bond acceptors (Lipinski definition) is 5. The lowest BCUT2D eigenvalue weighted by Gasteiger charge is -2.14. The van der Waals surface area contributed by atoms with Crippen LogP contribution in [0.4, 0.5) is 0 Å². The molecule has 0 saturated carbocycles. The van der Waals surface area contributed by atoms with Gasteiger partial charge in [-0.3, -0.25) is 4.79 Å². The van der Waals surface area contributed by atoms with Crippen molar-refractivity contribution in [3.05, 3.63) is 47.7 Å². The molecule has 0 aliphatic carbocycles.